The zero-order valence-electron chi connectivity index (χ0n) is 11.3. The summed E-state index contributed by atoms with van der Waals surface area (Å²) in [6.45, 7) is 5.47. The Hall–Kier alpha value is -0.0500. The fourth-order valence-corrected chi connectivity index (χ4v) is 1.76. The number of hydrogen-bond donors (Lipinski definition) is 0. The lowest BCUT2D eigenvalue weighted by Gasteiger charge is -2.16. The maximum absolute atomic E-state index is 5.58. The maximum atomic E-state index is 5.58. The SMILES string of the molecule is CCOC(CCCCC/C=C/CCCl)OCC. The van der Waals surface area contributed by atoms with E-state index in [9.17, 15) is 0 Å². The molecule has 2 nitrogen and oxygen atoms in total. The molecule has 0 aromatic rings. The normalized spacial score (nSPS) is 11.8. The molecule has 17 heavy (non-hydrogen) atoms. The minimum atomic E-state index is -0.00297. The Morgan fingerprint density at radius 2 is 1.59 bits per heavy atom. The van der Waals surface area contributed by atoms with Crippen LogP contribution in [0.3, 0.4) is 0 Å². The van der Waals surface area contributed by atoms with Crippen molar-refractivity contribution in [2.45, 2.75) is 58.7 Å². The Morgan fingerprint density at radius 1 is 0.941 bits per heavy atom. The highest BCUT2D eigenvalue weighted by molar-refractivity contribution is 6.17. The molecule has 0 aromatic heterocycles. The Balaban J connectivity index is 3.35. The van der Waals surface area contributed by atoms with Crippen LogP contribution in [0.4, 0.5) is 0 Å². The first-order valence-corrected chi connectivity index (χ1v) is 7.32. The average Bonchev–Trinajstić information content (AvgIpc) is 2.33. The molecular weight excluding hydrogens is 236 g/mol. The second-order valence-corrected chi connectivity index (χ2v) is 4.31. The van der Waals surface area contributed by atoms with E-state index in [1.807, 2.05) is 13.8 Å². The molecule has 0 unspecified atom stereocenters. The van der Waals surface area contributed by atoms with Crippen molar-refractivity contribution in [2.75, 3.05) is 19.1 Å². The summed E-state index contributed by atoms with van der Waals surface area (Å²) in [5.74, 6) is 0.723. The van der Waals surface area contributed by atoms with Crippen LogP contribution in [0, 0.1) is 0 Å². The van der Waals surface area contributed by atoms with Crippen molar-refractivity contribution in [3.63, 3.8) is 0 Å². The van der Waals surface area contributed by atoms with Gasteiger partial charge >= 0.3 is 0 Å². The van der Waals surface area contributed by atoms with Crippen molar-refractivity contribution in [1.82, 2.24) is 0 Å². The summed E-state index contributed by atoms with van der Waals surface area (Å²) in [5.41, 5.74) is 0. The molecule has 0 saturated carbocycles. The lowest BCUT2D eigenvalue weighted by Crippen LogP contribution is -2.17. The molecule has 0 bridgehead atoms. The fraction of sp³-hybridized carbons (Fsp3) is 0.857. The van der Waals surface area contributed by atoms with Gasteiger partial charge in [0.05, 0.1) is 0 Å². The van der Waals surface area contributed by atoms with Crippen molar-refractivity contribution in [3.05, 3.63) is 12.2 Å². The van der Waals surface area contributed by atoms with E-state index in [1.165, 1.54) is 19.3 Å². The first kappa shape index (κ1) is 16.9. The minimum Gasteiger partial charge on any atom is -0.353 e. The number of halogens is 1. The molecule has 0 spiro atoms. The van der Waals surface area contributed by atoms with Gasteiger partial charge in [-0.3, -0.25) is 0 Å². The minimum absolute atomic E-state index is 0.00297. The summed E-state index contributed by atoms with van der Waals surface area (Å²) in [7, 11) is 0. The zero-order chi connectivity index (χ0) is 12.8. The van der Waals surface area contributed by atoms with Gasteiger partial charge in [-0.25, -0.2) is 0 Å². The Bertz CT molecular complexity index is 166. The highest BCUT2D eigenvalue weighted by Gasteiger charge is 2.06. The number of ether oxygens (including phenoxy) is 2. The predicted octanol–water partition coefficient (Wildman–Crippen LogP) is 4.52. The van der Waals surface area contributed by atoms with Crippen LogP contribution >= 0.6 is 11.6 Å². The number of hydrogen-bond acceptors (Lipinski definition) is 2. The summed E-state index contributed by atoms with van der Waals surface area (Å²) in [4.78, 5) is 0. The van der Waals surface area contributed by atoms with Crippen LogP contribution in [0.1, 0.15) is 52.4 Å². The topological polar surface area (TPSA) is 18.5 Å². The molecule has 102 valence electrons. The molecule has 0 aliphatic heterocycles. The van der Waals surface area contributed by atoms with Gasteiger partial charge in [-0.1, -0.05) is 18.6 Å². The lowest BCUT2D eigenvalue weighted by molar-refractivity contribution is -0.140. The highest BCUT2D eigenvalue weighted by Crippen LogP contribution is 2.10. The molecular formula is C14H27ClO2. The average molecular weight is 263 g/mol. The first-order chi connectivity index (χ1) is 8.35. The van der Waals surface area contributed by atoms with Gasteiger partial charge in [0.25, 0.3) is 0 Å². The summed E-state index contributed by atoms with van der Waals surface area (Å²) in [6, 6.07) is 0. The molecule has 0 fully saturated rings. The van der Waals surface area contributed by atoms with Crippen molar-refractivity contribution < 1.29 is 9.47 Å². The smallest absolute Gasteiger partial charge is 0.157 e. The molecule has 0 rings (SSSR count). The maximum Gasteiger partial charge on any atom is 0.157 e. The van der Waals surface area contributed by atoms with Crippen molar-refractivity contribution in [2.24, 2.45) is 0 Å². The van der Waals surface area contributed by atoms with E-state index in [4.69, 9.17) is 21.1 Å². The third-order valence-electron chi connectivity index (χ3n) is 2.46. The number of allylic oxidation sites excluding steroid dienone is 2. The Labute approximate surface area is 111 Å². The van der Waals surface area contributed by atoms with Gasteiger partial charge in [0.1, 0.15) is 0 Å². The van der Waals surface area contributed by atoms with E-state index in [0.717, 1.165) is 38.4 Å². The van der Waals surface area contributed by atoms with Crippen LogP contribution in [0.25, 0.3) is 0 Å². The second kappa shape index (κ2) is 14.0. The molecule has 0 atom stereocenters. The Morgan fingerprint density at radius 3 is 2.18 bits per heavy atom. The van der Waals surface area contributed by atoms with Crippen molar-refractivity contribution in [3.8, 4) is 0 Å². The standard InChI is InChI=1S/C14H27ClO2/c1-3-16-14(17-4-2)12-10-8-6-5-7-9-11-13-15/h7,9,14H,3-6,8,10-13H2,1-2H3/b9-7+. The number of rotatable bonds is 12. The predicted molar refractivity (Wildman–Crippen MR) is 74.6 cm³/mol. The second-order valence-electron chi connectivity index (χ2n) is 3.93. The molecule has 0 amide bonds. The molecule has 0 aliphatic carbocycles. The fourth-order valence-electron chi connectivity index (χ4n) is 1.64. The highest BCUT2D eigenvalue weighted by atomic mass is 35.5. The Kier molecular flexibility index (Phi) is 14.0. The van der Waals surface area contributed by atoms with E-state index in [1.54, 1.807) is 0 Å². The van der Waals surface area contributed by atoms with E-state index in [2.05, 4.69) is 12.2 Å². The van der Waals surface area contributed by atoms with Crippen LogP contribution in [0.5, 0.6) is 0 Å². The molecule has 0 aliphatic rings. The molecule has 3 heteroatoms. The van der Waals surface area contributed by atoms with E-state index >= 15 is 0 Å². The summed E-state index contributed by atoms with van der Waals surface area (Å²) in [5, 5.41) is 0. The first-order valence-electron chi connectivity index (χ1n) is 6.79. The van der Waals surface area contributed by atoms with Gasteiger partial charge in [-0.2, -0.15) is 0 Å². The van der Waals surface area contributed by atoms with Crippen LogP contribution < -0.4 is 0 Å². The van der Waals surface area contributed by atoms with Crippen molar-refractivity contribution in [1.29, 1.82) is 0 Å². The molecule has 0 heterocycles. The number of unbranched alkanes of at least 4 members (excludes halogenated alkanes) is 3. The van der Waals surface area contributed by atoms with Crippen LogP contribution in [0.15, 0.2) is 12.2 Å². The zero-order valence-corrected chi connectivity index (χ0v) is 12.0. The monoisotopic (exact) mass is 262 g/mol. The van der Waals surface area contributed by atoms with Gasteiger partial charge in [-0.15, -0.1) is 11.6 Å². The molecule has 0 radical (unpaired) electrons. The summed E-state index contributed by atoms with van der Waals surface area (Å²) < 4.78 is 11.0. The lowest BCUT2D eigenvalue weighted by atomic mass is 10.1. The van der Waals surface area contributed by atoms with Gasteiger partial charge in [0.2, 0.25) is 0 Å². The van der Waals surface area contributed by atoms with Gasteiger partial charge < -0.3 is 9.47 Å². The van der Waals surface area contributed by atoms with Gasteiger partial charge in [-0.05, 0) is 46.0 Å². The quantitative estimate of drug-likeness (QED) is 0.223. The molecule has 0 saturated heterocycles. The molecule has 0 aromatic carbocycles. The van der Waals surface area contributed by atoms with E-state index in [0.29, 0.717) is 0 Å². The third-order valence-corrected chi connectivity index (χ3v) is 2.68. The van der Waals surface area contributed by atoms with Crippen LogP contribution in [0.2, 0.25) is 0 Å². The van der Waals surface area contributed by atoms with Crippen molar-refractivity contribution >= 4 is 11.6 Å². The van der Waals surface area contributed by atoms with Gasteiger partial charge in [0.15, 0.2) is 6.29 Å². The van der Waals surface area contributed by atoms with E-state index in [-0.39, 0.29) is 6.29 Å². The number of alkyl halides is 1. The summed E-state index contributed by atoms with van der Waals surface area (Å²) >= 11 is 5.58. The van der Waals surface area contributed by atoms with Crippen LogP contribution in [-0.4, -0.2) is 25.4 Å². The molecule has 0 N–H and O–H groups in total. The van der Waals surface area contributed by atoms with Crippen LogP contribution in [-0.2, 0) is 9.47 Å². The van der Waals surface area contributed by atoms with Gasteiger partial charge in [0, 0.05) is 19.1 Å². The largest absolute Gasteiger partial charge is 0.353 e. The van der Waals surface area contributed by atoms with E-state index < -0.39 is 0 Å². The summed E-state index contributed by atoms with van der Waals surface area (Å²) in [6.07, 6.45) is 11.2. The third kappa shape index (κ3) is 12.2.